The maximum atomic E-state index is 9.52. The van der Waals surface area contributed by atoms with Gasteiger partial charge in [-0.15, -0.1) is 0 Å². The van der Waals surface area contributed by atoms with Crippen LogP contribution in [0, 0.1) is 0 Å². The highest BCUT2D eigenvalue weighted by Crippen LogP contribution is 1.97. The molecule has 12 nitrogen and oxygen atoms in total. The van der Waals surface area contributed by atoms with Crippen LogP contribution in [0.2, 0.25) is 0 Å². The van der Waals surface area contributed by atoms with Crippen molar-refractivity contribution in [3.63, 3.8) is 0 Å². The van der Waals surface area contributed by atoms with Crippen LogP contribution in [0.5, 0.6) is 0 Å². The third-order valence-electron chi connectivity index (χ3n) is 2.30. The molecular weight excluding hydrogens is 408 g/mol. The zero-order valence-electron chi connectivity index (χ0n) is 17.4. The number of aliphatic carboxylic acids is 3. The Labute approximate surface area is 175 Å². The van der Waals surface area contributed by atoms with E-state index in [1.54, 1.807) is 13.8 Å². The predicted molar refractivity (Wildman–Crippen MR) is 106 cm³/mol. The number of ether oxygens (including phenoxy) is 2. The van der Waals surface area contributed by atoms with E-state index in [1.807, 2.05) is 6.92 Å². The molecule has 0 aliphatic heterocycles. The Bertz CT molecular complexity index is 446. The number of aliphatic hydroxyl groups is 4. The van der Waals surface area contributed by atoms with Gasteiger partial charge in [0.25, 0.3) is 0 Å². The number of carboxylic acids is 3. The fraction of sp³-hybridized carbons (Fsp3) is 0.611. The highest BCUT2D eigenvalue weighted by molar-refractivity contribution is 5.79. The minimum Gasteiger partial charge on any atom is -0.479 e. The Balaban J connectivity index is -0.000000167. The van der Waals surface area contributed by atoms with Gasteiger partial charge in [-0.05, 0) is 20.8 Å². The summed E-state index contributed by atoms with van der Waals surface area (Å²) in [6.45, 7) is 11.3. The summed E-state index contributed by atoms with van der Waals surface area (Å²) in [6.07, 6.45) is -0.612. The van der Waals surface area contributed by atoms with Crippen LogP contribution in [-0.2, 0) is 23.9 Å². The Kier molecular flexibility index (Phi) is 28.9. The molecule has 0 aromatic carbocycles. The first-order valence-electron chi connectivity index (χ1n) is 8.53. The minimum atomic E-state index is -1.63. The van der Waals surface area contributed by atoms with Crippen molar-refractivity contribution in [2.45, 2.75) is 45.2 Å². The highest BCUT2D eigenvalue weighted by Gasteiger charge is 2.09. The van der Waals surface area contributed by atoms with Crippen LogP contribution >= 0.6 is 0 Å². The third-order valence-corrected chi connectivity index (χ3v) is 2.30. The summed E-state index contributed by atoms with van der Waals surface area (Å²) in [6, 6.07) is 0. The quantitative estimate of drug-likeness (QED) is 0.194. The zero-order valence-corrected chi connectivity index (χ0v) is 17.4. The standard InChI is InChI=1S/C9H20O4.C3H6O4.2C3H4O2/c1-7(11)5-12-9(3)6-13-8(2)4-10;4-1-2(5)3(6)7;2*1-2-3(4)5/h7-11H,4-6H2,1-3H3;2,4-5H,1H2,(H,6,7);2*2H,1H2,(H,4,5). The summed E-state index contributed by atoms with van der Waals surface area (Å²) < 4.78 is 10.5. The number of aliphatic hydroxyl groups excluding tert-OH is 4. The monoisotopic (exact) mass is 442 g/mol. The van der Waals surface area contributed by atoms with E-state index in [-0.39, 0.29) is 18.8 Å². The van der Waals surface area contributed by atoms with E-state index in [0.717, 1.165) is 12.2 Å². The molecule has 0 aliphatic rings. The summed E-state index contributed by atoms with van der Waals surface area (Å²) >= 11 is 0. The molecule has 30 heavy (non-hydrogen) atoms. The average molecular weight is 442 g/mol. The van der Waals surface area contributed by atoms with E-state index >= 15 is 0 Å². The van der Waals surface area contributed by atoms with E-state index in [4.69, 9.17) is 45.2 Å². The van der Waals surface area contributed by atoms with E-state index in [1.165, 1.54) is 0 Å². The fourth-order valence-electron chi connectivity index (χ4n) is 0.782. The largest absolute Gasteiger partial charge is 0.479 e. The number of rotatable bonds is 11. The van der Waals surface area contributed by atoms with Crippen LogP contribution in [0.3, 0.4) is 0 Å². The molecule has 12 heteroatoms. The summed E-state index contributed by atoms with van der Waals surface area (Å²) in [5, 5.41) is 56.5. The third kappa shape index (κ3) is 40.4. The molecular formula is C18H34O12. The second-order valence-corrected chi connectivity index (χ2v) is 5.44. The maximum absolute atomic E-state index is 9.52. The zero-order chi connectivity index (χ0) is 24.7. The average Bonchev–Trinajstić information content (AvgIpc) is 2.70. The van der Waals surface area contributed by atoms with Gasteiger partial charge in [-0.2, -0.15) is 0 Å². The fourth-order valence-corrected chi connectivity index (χ4v) is 0.782. The van der Waals surface area contributed by atoms with Gasteiger partial charge in [-0.1, -0.05) is 13.2 Å². The van der Waals surface area contributed by atoms with Crippen molar-refractivity contribution >= 4 is 17.9 Å². The van der Waals surface area contributed by atoms with E-state index in [0.29, 0.717) is 13.2 Å². The number of hydrogen-bond acceptors (Lipinski definition) is 9. The molecule has 0 rings (SSSR count). The van der Waals surface area contributed by atoms with Gasteiger partial charge in [0.1, 0.15) is 0 Å². The van der Waals surface area contributed by atoms with Gasteiger partial charge in [-0.3, -0.25) is 0 Å². The van der Waals surface area contributed by atoms with Gasteiger partial charge in [0.15, 0.2) is 6.10 Å². The number of hydrogen-bond donors (Lipinski definition) is 7. The Morgan fingerprint density at radius 1 is 0.800 bits per heavy atom. The van der Waals surface area contributed by atoms with Crippen molar-refractivity contribution < 1.29 is 59.6 Å². The molecule has 0 aromatic heterocycles. The van der Waals surface area contributed by atoms with Gasteiger partial charge in [0, 0.05) is 12.2 Å². The minimum absolute atomic E-state index is 0.0170. The van der Waals surface area contributed by atoms with Crippen LogP contribution in [0.4, 0.5) is 0 Å². The van der Waals surface area contributed by atoms with Crippen LogP contribution in [0.15, 0.2) is 25.3 Å². The van der Waals surface area contributed by atoms with Crippen molar-refractivity contribution in [2.24, 2.45) is 0 Å². The van der Waals surface area contributed by atoms with E-state index in [9.17, 15) is 14.4 Å². The number of carboxylic acid groups (broad SMARTS) is 3. The lowest BCUT2D eigenvalue weighted by molar-refractivity contribution is -0.148. The summed E-state index contributed by atoms with van der Waals surface area (Å²) in [7, 11) is 0. The maximum Gasteiger partial charge on any atom is 0.334 e. The van der Waals surface area contributed by atoms with Gasteiger partial charge < -0.3 is 45.2 Å². The molecule has 0 radical (unpaired) electrons. The van der Waals surface area contributed by atoms with Gasteiger partial charge in [-0.25, -0.2) is 14.4 Å². The lowest BCUT2D eigenvalue weighted by Crippen LogP contribution is -2.24. The first-order valence-corrected chi connectivity index (χ1v) is 8.53. The lowest BCUT2D eigenvalue weighted by Gasteiger charge is -2.16. The SMILES string of the molecule is C=CC(=O)O.C=CC(=O)O.CC(O)COC(C)COC(C)CO.O=C(O)C(O)CO. The van der Waals surface area contributed by atoms with Gasteiger partial charge in [0.05, 0.1) is 44.7 Å². The molecule has 0 amide bonds. The van der Waals surface area contributed by atoms with Crippen molar-refractivity contribution in [1.29, 1.82) is 0 Å². The van der Waals surface area contributed by atoms with Crippen molar-refractivity contribution in [3.8, 4) is 0 Å². The summed E-state index contributed by atoms with van der Waals surface area (Å²) in [5.41, 5.74) is 0. The molecule has 0 saturated heterocycles. The Hall–Kier alpha value is -2.35. The summed E-state index contributed by atoms with van der Waals surface area (Å²) in [4.78, 5) is 28.0. The first-order chi connectivity index (χ1) is 13.8. The summed E-state index contributed by atoms with van der Waals surface area (Å²) in [5.74, 6) is -3.36. The van der Waals surface area contributed by atoms with Crippen LogP contribution in [-0.4, -0.2) is 104 Å². The Morgan fingerprint density at radius 3 is 1.37 bits per heavy atom. The molecule has 0 bridgehead atoms. The molecule has 7 N–H and O–H groups in total. The molecule has 0 fully saturated rings. The predicted octanol–water partition coefficient (Wildman–Crippen LogP) is -0.892. The van der Waals surface area contributed by atoms with E-state index < -0.39 is 36.7 Å². The van der Waals surface area contributed by atoms with Gasteiger partial charge >= 0.3 is 17.9 Å². The molecule has 0 spiro atoms. The van der Waals surface area contributed by atoms with E-state index in [2.05, 4.69) is 13.2 Å². The molecule has 0 aromatic rings. The topological polar surface area (TPSA) is 211 Å². The normalized spacial score (nSPS) is 13.2. The molecule has 0 heterocycles. The molecule has 4 atom stereocenters. The van der Waals surface area contributed by atoms with Crippen LogP contribution in [0.25, 0.3) is 0 Å². The first kappa shape index (κ1) is 35.1. The van der Waals surface area contributed by atoms with Gasteiger partial charge in [0.2, 0.25) is 0 Å². The smallest absolute Gasteiger partial charge is 0.334 e. The second-order valence-electron chi connectivity index (χ2n) is 5.44. The highest BCUT2D eigenvalue weighted by atomic mass is 16.5. The van der Waals surface area contributed by atoms with Crippen LogP contribution in [0.1, 0.15) is 20.8 Å². The Morgan fingerprint density at radius 2 is 1.17 bits per heavy atom. The van der Waals surface area contributed by atoms with Crippen molar-refractivity contribution in [3.05, 3.63) is 25.3 Å². The molecule has 0 saturated carbocycles. The van der Waals surface area contributed by atoms with Crippen molar-refractivity contribution in [2.75, 3.05) is 26.4 Å². The number of carbonyl (C=O) groups is 3. The second kappa shape index (κ2) is 24.7. The van der Waals surface area contributed by atoms with Crippen LogP contribution < -0.4 is 0 Å². The molecule has 4 unspecified atom stereocenters. The molecule has 178 valence electrons. The molecule has 0 aliphatic carbocycles. The lowest BCUT2D eigenvalue weighted by atomic mass is 10.4. The van der Waals surface area contributed by atoms with Crippen molar-refractivity contribution in [1.82, 2.24) is 0 Å².